The molecule has 0 heterocycles. The van der Waals surface area contributed by atoms with Crippen molar-refractivity contribution in [3.05, 3.63) is 32.8 Å². The minimum Gasteiger partial charge on any atom is -1.00 e. The number of aromatic hydroxyl groups is 1. The molecule has 0 aliphatic heterocycles. The first-order chi connectivity index (χ1) is 5.11. The molecule has 0 spiro atoms. The molecule has 0 fully saturated rings. The molecule has 1 rings (SSSR count). The number of nitro groups is 1. The van der Waals surface area contributed by atoms with E-state index in [-0.39, 0.29) is 81.8 Å². The molecule has 0 atom stereocenters. The number of phenolic OH excluding ortho intramolecular Hbond substituents is 1. The quantitative estimate of drug-likeness (QED) is 0.531. The summed E-state index contributed by atoms with van der Waals surface area (Å²) in [7, 11) is 0. The second kappa shape index (κ2) is 5.63. The van der Waals surface area contributed by atoms with Crippen LogP contribution in [-0.4, -0.2) is 10.0 Å². The molecule has 12 heavy (non-hydrogen) atoms. The Balaban J connectivity index is 0. The Hall–Kier alpha value is 0.952. The molecule has 0 amide bonds. The van der Waals surface area contributed by atoms with Crippen LogP contribution in [0, 0.1) is 10.1 Å². The molecule has 0 radical (unpaired) electrons. The zero-order chi connectivity index (χ0) is 8.43. The molecule has 0 aliphatic rings. The van der Waals surface area contributed by atoms with Gasteiger partial charge in [-0.2, -0.15) is 0 Å². The van der Waals surface area contributed by atoms with Gasteiger partial charge in [0.25, 0.3) is 0 Å². The smallest absolute Gasteiger partial charge is 1.00 e. The molecule has 4 nitrogen and oxygen atoms in total. The van der Waals surface area contributed by atoms with Crippen molar-refractivity contribution in [3.8, 4) is 5.75 Å². The minimum atomic E-state index is -0.637. The van der Waals surface area contributed by atoms with Crippen molar-refractivity contribution in [2.75, 3.05) is 0 Å². The number of hydrogen-bond donors (Lipinski definition) is 1. The number of benzene rings is 1. The average Bonchev–Trinajstić information content (AvgIpc) is 1.85. The van der Waals surface area contributed by atoms with E-state index in [0.29, 0.717) is 4.47 Å². The van der Waals surface area contributed by atoms with Gasteiger partial charge in [0.1, 0.15) is 0 Å². The first-order valence-electron chi connectivity index (χ1n) is 2.74. The second-order valence-electron chi connectivity index (χ2n) is 1.89. The van der Waals surface area contributed by atoms with E-state index in [1.165, 1.54) is 18.2 Å². The van der Waals surface area contributed by atoms with Gasteiger partial charge in [-0.05, 0) is 6.07 Å². The van der Waals surface area contributed by atoms with Crippen LogP contribution in [-0.2, 0) is 0 Å². The van der Waals surface area contributed by atoms with E-state index in [4.69, 9.17) is 5.11 Å². The normalized spacial score (nSPS) is 8.75. The molecule has 0 aromatic heterocycles. The van der Waals surface area contributed by atoms with Crippen molar-refractivity contribution in [3.63, 3.8) is 0 Å². The van der Waals surface area contributed by atoms with Gasteiger partial charge in [0.2, 0.25) is 0 Å². The van der Waals surface area contributed by atoms with Crippen LogP contribution < -0.4 is 68.9 Å². The van der Waals surface area contributed by atoms with Crippen LogP contribution >= 0.6 is 15.9 Å². The zero-order valence-corrected chi connectivity index (χ0v) is 14.2. The third kappa shape index (κ3) is 3.37. The van der Waals surface area contributed by atoms with Gasteiger partial charge < -0.3 is 6.53 Å². The fraction of sp³-hybridized carbons (Fsp3) is 0. The Labute approximate surface area is 138 Å². The standard InChI is InChI=1S/C6H4BrNO3.Cs.H/c7-4-1-2-5(8(10)11)6(9)3-4;;/h1-3,9H;;/q;+1;-1. The minimum absolute atomic E-state index is 0. The molecule has 0 saturated heterocycles. The summed E-state index contributed by atoms with van der Waals surface area (Å²) in [6.07, 6.45) is 0. The van der Waals surface area contributed by atoms with Crippen LogP contribution in [0.5, 0.6) is 5.75 Å². The van der Waals surface area contributed by atoms with Crippen LogP contribution in [0.3, 0.4) is 0 Å². The van der Waals surface area contributed by atoms with Gasteiger partial charge >= 0.3 is 74.6 Å². The number of rotatable bonds is 1. The summed E-state index contributed by atoms with van der Waals surface area (Å²) >= 11 is 3.06. The zero-order valence-electron chi connectivity index (χ0n) is 7.32. The predicted molar refractivity (Wildman–Crippen MR) is 43.6 cm³/mol. The summed E-state index contributed by atoms with van der Waals surface area (Å²) in [4.78, 5) is 9.53. The predicted octanol–water partition coefficient (Wildman–Crippen LogP) is -0.821. The number of hydrogen-bond acceptors (Lipinski definition) is 3. The number of phenols is 1. The third-order valence-electron chi connectivity index (χ3n) is 1.13. The summed E-state index contributed by atoms with van der Waals surface area (Å²) in [6, 6.07) is 4.01. The summed E-state index contributed by atoms with van der Waals surface area (Å²) in [5, 5.41) is 19.2. The topological polar surface area (TPSA) is 63.4 Å². The Morgan fingerprint density at radius 1 is 1.58 bits per heavy atom. The van der Waals surface area contributed by atoms with Gasteiger partial charge in [-0.1, -0.05) is 15.9 Å². The van der Waals surface area contributed by atoms with Gasteiger partial charge in [0.05, 0.1) is 4.92 Å². The van der Waals surface area contributed by atoms with E-state index in [9.17, 15) is 10.1 Å². The van der Waals surface area contributed by atoms with Crippen molar-refractivity contribution >= 4 is 21.6 Å². The van der Waals surface area contributed by atoms with Crippen LogP contribution in [0.25, 0.3) is 0 Å². The molecular formula is C6H5BrCsNO3. The van der Waals surface area contributed by atoms with Gasteiger partial charge in [-0.3, -0.25) is 10.1 Å². The maximum atomic E-state index is 10.2. The summed E-state index contributed by atoms with van der Waals surface area (Å²) in [5.74, 6) is -0.329. The second-order valence-corrected chi connectivity index (χ2v) is 2.81. The van der Waals surface area contributed by atoms with E-state index < -0.39 is 4.92 Å². The van der Waals surface area contributed by atoms with Crippen LogP contribution in [0.4, 0.5) is 5.69 Å². The Kier molecular flexibility index (Phi) is 6.08. The van der Waals surface area contributed by atoms with Crippen molar-refractivity contribution in [1.82, 2.24) is 0 Å². The van der Waals surface area contributed by atoms with Gasteiger partial charge in [-0.25, -0.2) is 0 Å². The fourth-order valence-corrected chi connectivity index (χ4v) is 1.000. The number of nitro benzene ring substituents is 1. The number of nitrogens with zero attached hydrogens (tertiary/aromatic N) is 1. The Morgan fingerprint density at radius 2 is 2.17 bits per heavy atom. The Morgan fingerprint density at radius 3 is 2.58 bits per heavy atom. The van der Waals surface area contributed by atoms with Gasteiger partial charge in [-0.15, -0.1) is 0 Å². The first kappa shape index (κ1) is 13.0. The molecule has 0 saturated carbocycles. The molecule has 60 valence electrons. The van der Waals surface area contributed by atoms with Crippen molar-refractivity contribution in [1.29, 1.82) is 0 Å². The van der Waals surface area contributed by atoms with Crippen LogP contribution in [0.2, 0.25) is 0 Å². The van der Waals surface area contributed by atoms with E-state index in [2.05, 4.69) is 15.9 Å². The maximum absolute atomic E-state index is 10.2. The molecule has 0 unspecified atom stereocenters. The SMILES string of the molecule is O=[N+]([O-])c1ccc(Br)cc1O.[Cs+].[H-]. The van der Waals surface area contributed by atoms with E-state index >= 15 is 0 Å². The average molecular weight is 352 g/mol. The molecule has 1 N–H and O–H groups in total. The van der Waals surface area contributed by atoms with Crippen molar-refractivity contribution in [2.24, 2.45) is 0 Å². The molecule has 1 aromatic carbocycles. The van der Waals surface area contributed by atoms with Crippen LogP contribution in [0.15, 0.2) is 22.7 Å². The number of halogens is 1. The molecule has 0 aliphatic carbocycles. The van der Waals surface area contributed by atoms with E-state index in [1.807, 2.05) is 0 Å². The Bertz CT molecular complexity index is 310. The first-order valence-corrected chi connectivity index (χ1v) is 3.53. The van der Waals surface area contributed by atoms with E-state index in [0.717, 1.165) is 0 Å². The molecule has 1 aromatic rings. The summed E-state index contributed by atoms with van der Waals surface area (Å²) in [6.45, 7) is 0. The monoisotopic (exact) mass is 351 g/mol. The summed E-state index contributed by atoms with van der Waals surface area (Å²) < 4.78 is 0.612. The molecular weight excluding hydrogens is 347 g/mol. The van der Waals surface area contributed by atoms with Gasteiger partial charge in [0.15, 0.2) is 5.75 Å². The van der Waals surface area contributed by atoms with Gasteiger partial charge in [0, 0.05) is 16.6 Å². The van der Waals surface area contributed by atoms with Crippen LogP contribution in [0.1, 0.15) is 1.43 Å². The summed E-state index contributed by atoms with van der Waals surface area (Å²) in [5.41, 5.74) is -0.284. The van der Waals surface area contributed by atoms with E-state index in [1.54, 1.807) is 0 Å². The largest absolute Gasteiger partial charge is 1.00 e. The maximum Gasteiger partial charge on any atom is 1.00 e. The van der Waals surface area contributed by atoms with Crippen molar-refractivity contribution in [2.45, 2.75) is 0 Å². The van der Waals surface area contributed by atoms with Crippen molar-refractivity contribution < 1.29 is 80.4 Å². The molecule has 6 heteroatoms. The molecule has 0 bridgehead atoms. The fourth-order valence-electron chi connectivity index (χ4n) is 0.651. The third-order valence-corrected chi connectivity index (χ3v) is 1.63.